The summed E-state index contributed by atoms with van der Waals surface area (Å²) in [6.45, 7) is 9.42. The third-order valence-corrected chi connectivity index (χ3v) is 6.24. The zero-order valence-electron chi connectivity index (χ0n) is 12.7. The van der Waals surface area contributed by atoms with Crippen LogP contribution >= 0.6 is 0 Å². The van der Waals surface area contributed by atoms with Gasteiger partial charge >= 0.3 is 0 Å². The summed E-state index contributed by atoms with van der Waals surface area (Å²) in [6, 6.07) is 0. The van der Waals surface area contributed by atoms with E-state index in [2.05, 4.69) is 26.6 Å². The molecule has 1 nitrogen and oxygen atoms in total. The summed E-state index contributed by atoms with van der Waals surface area (Å²) in [5.74, 6) is 0. The minimum atomic E-state index is -1.07. The molecular weight excluding hydrogens is 222 g/mol. The quantitative estimate of drug-likeness (QED) is 0.404. The number of nitrogens with two attached hydrogens (primary N) is 1. The third kappa shape index (κ3) is 11.0. The van der Waals surface area contributed by atoms with Crippen LogP contribution in [0.1, 0.15) is 71.1 Å². The highest BCUT2D eigenvalue weighted by atomic mass is 28.3. The lowest BCUT2D eigenvalue weighted by Crippen LogP contribution is -2.44. The molecule has 104 valence electrons. The fourth-order valence-electron chi connectivity index (χ4n) is 2.11. The van der Waals surface area contributed by atoms with Gasteiger partial charge in [-0.15, -0.1) is 0 Å². The van der Waals surface area contributed by atoms with Crippen molar-refractivity contribution in [2.75, 3.05) is 0 Å². The second-order valence-electron chi connectivity index (χ2n) is 6.59. The Bertz CT molecular complexity index is 163. The number of hydrogen-bond donors (Lipinski definition) is 1. The second kappa shape index (κ2) is 10.1. The molecule has 0 bridgehead atoms. The van der Waals surface area contributed by atoms with Crippen molar-refractivity contribution in [1.29, 1.82) is 0 Å². The van der Waals surface area contributed by atoms with Crippen molar-refractivity contribution < 1.29 is 0 Å². The van der Waals surface area contributed by atoms with E-state index in [0.717, 1.165) is 0 Å². The van der Waals surface area contributed by atoms with Crippen molar-refractivity contribution in [2.45, 2.75) is 96.4 Å². The van der Waals surface area contributed by atoms with E-state index in [1.165, 1.54) is 64.2 Å². The lowest BCUT2D eigenvalue weighted by atomic mass is 10.1. The van der Waals surface area contributed by atoms with Crippen molar-refractivity contribution in [3.8, 4) is 0 Å². The molecule has 0 heterocycles. The van der Waals surface area contributed by atoms with Crippen molar-refractivity contribution in [2.24, 2.45) is 5.73 Å². The van der Waals surface area contributed by atoms with Crippen LogP contribution < -0.4 is 5.73 Å². The standard InChI is InChI=1S/C15H35NSi/c1-5-6-7-8-9-10-11-12-13-14-15(16)17(2,3)4/h15H,5-14,16H2,1-4H3. The molecule has 0 amide bonds. The lowest BCUT2D eigenvalue weighted by Gasteiger charge is -2.24. The lowest BCUT2D eigenvalue weighted by molar-refractivity contribution is 0.551. The van der Waals surface area contributed by atoms with Crippen LogP contribution in [0.3, 0.4) is 0 Å². The molecule has 2 heteroatoms. The van der Waals surface area contributed by atoms with E-state index in [0.29, 0.717) is 5.67 Å². The molecule has 0 radical (unpaired) electrons. The minimum Gasteiger partial charge on any atom is -0.330 e. The molecule has 1 unspecified atom stereocenters. The molecule has 1 atom stereocenters. The Labute approximate surface area is 111 Å². The fraction of sp³-hybridized carbons (Fsp3) is 1.00. The summed E-state index contributed by atoms with van der Waals surface area (Å²) in [5.41, 5.74) is 6.71. The molecule has 0 spiro atoms. The first-order chi connectivity index (χ1) is 7.98. The van der Waals surface area contributed by atoms with Crippen LogP contribution in [0.25, 0.3) is 0 Å². The Morgan fingerprint density at radius 1 is 0.765 bits per heavy atom. The van der Waals surface area contributed by atoms with Crippen LogP contribution in [-0.4, -0.2) is 13.7 Å². The summed E-state index contributed by atoms with van der Waals surface area (Å²) >= 11 is 0. The van der Waals surface area contributed by atoms with Crippen LogP contribution in [0, 0.1) is 0 Å². The molecule has 0 aliphatic carbocycles. The predicted octanol–water partition coefficient (Wildman–Crippen LogP) is 5.11. The molecule has 0 aliphatic rings. The van der Waals surface area contributed by atoms with Gasteiger partial charge in [-0.25, -0.2) is 0 Å². The van der Waals surface area contributed by atoms with Gasteiger partial charge in [-0.05, 0) is 12.1 Å². The first-order valence-corrected chi connectivity index (χ1v) is 11.3. The Morgan fingerprint density at radius 2 is 1.18 bits per heavy atom. The average Bonchev–Trinajstić information content (AvgIpc) is 2.25. The van der Waals surface area contributed by atoms with Gasteiger partial charge in [0.1, 0.15) is 0 Å². The van der Waals surface area contributed by atoms with Gasteiger partial charge in [-0.1, -0.05) is 84.4 Å². The molecule has 0 aromatic carbocycles. The van der Waals surface area contributed by atoms with Crippen molar-refractivity contribution in [3.05, 3.63) is 0 Å². The number of rotatable bonds is 11. The monoisotopic (exact) mass is 257 g/mol. The highest BCUT2D eigenvalue weighted by Crippen LogP contribution is 2.14. The van der Waals surface area contributed by atoms with E-state index in [4.69, 9.17) is 5.73 Å². The molecule has 0 saturated carbocycles. The Morgan fingerprint density at radius 3 is 1.59 bits per heavy atom. The third-order valence-electron chi connectivity index (χ3n) is 3.73. The maximum absolute atomic E-state index is 6.21. The zero-order chi connectivity index (χ0) is 13.1. The zero-order valence-corrected chi connectivity index (χ0v) is 13.7. The Hall–Kier alpha value is 0.177. The first-order valence-electron chi connectivity index (χ1n) is 7.74. The fourth-order valence-corrected chi connectivity index (χ4v) is 3.18. The molecule has 0 saturated heterocycles. The van der Waals surface area contributed by atoms with E-state index >= 15 is 0 Å². The van der Waals surface area contributed by atoms with Gasteiger partial charge in [0.25, 0.3) is 0 Å². The van der Waals surface area contributed by atoms with Crippen molar-refractivity contribution >= 4 is 8.07 Å². The Balaban J connectivity index is 3.19. The van der Waals surface area contributed by atoms with E-state index in [9.17, 15) is 0 Å². The molecular formula is C15H35NSi. The van der Waals surface area contributed by atoms with Gasteiger partial charge in [0.05, 0.1) is 8.07 Å². The van der Waals surface area contributed by atoms with Crippen LogP contribution in [0.5, 0.6) is 0 Å². The summed E-state index contributed by atoms with van der Waals surface area (Å²) in [4.78, 5) is 0. The van der Waals surface area contributed by atoms with E-state index < -0.39 is 8.07 Å². The topological polar surface area (TPSA) is 26.0 Å². The normalized spacial score (nSPS) is 13.9. The Kier molecular flexibility index (Phi) is 10.2. The van der Waals surface area contributed by atoms with Crippen LogP contribution in [0.2, 0.25) is 19.6 Å². The van der Waals surface area contributed by atoms with Crippen LogP contribution in [-0.2, 0) is 0 Å². The minimum absolute atomic E-state index is 0.507. The van der Waals surface area contributed by atoms with E-state index in [1.807, 2.05) is 0 Å². The average molecular weight is 258 g/mol. The molecule has 0 fully saturated rings. The summed E-state index contributed by atoms with van der Waals surface area (Å²) < 4.78 is 0. The smallest absolute Gasteiger partial charge is 0.0632 e. The summed E-state index contributed by atoms with van der Waals surface area (Å²) in [7, 11) is -1.07. The van der Waals surface area contributed by atoms with Crippen LogP contribution in [0.4, 0.5) is 0 Å². The van der Waals surface area contributed by atoms with Gasteiger partial charge in [-0.3, -0.25) is 0 Å². The van der Waals surface area contributed by atoms with E-state index in [-0.39, 0.29) is 0 Å². The van der Waals surface area contributed by atoms with Gasteiger partial charge in [0, 0.05) is 0 Å². The van der Waals surface area contributed by atoms with Gasteiger partial charge in [0.2, 0.25) is 0 Å². The van der Waals surface area contributed by atoms with Gasteiger partial charge in [-0.2, -0.15) is 0 Å². The van der Waals surface area contributed by atoms with Crippen molar-refractivity contribution in [3.63, 3.8) is 0 Å². The highest BCUT2D eigenvalue weighted by Gasteiger charge is 2.21. The van der Waals surface area contributed by atoms with Gasteiger partial charge in [0.15, 0.2) is 0 Å². The van der Waals surface area contributed by atoms with Crippen LogP contribution in [0.15, 0.2) is 0 Å². The second-order valence-corrected chi connectivity index (χ2v) is 12.1. The number of unbranched alkanes of at least 4 members (excludes halogenated alkanes) is 8. The summed E-state index contributed by atoms with van der Waals surface area (Å²) in [5, 5.41) is 0. The number of hydrogen-bond acceptors (Lipinski definition) is 1. The van der Waals surface area contributed by atoms with E-state index in [1.54, 1.807) is 0 Å². The molecule has 0 aromatic rings. The predicted molar refractivity (Wildman–Crippen MR) is 83.2 cm³/mol. The van der Waals surface area contributed by atoms with Crippen molar-refractivity contribution in [1.82, 2.24) is 0 Å². The highest BCUT2D eigenvalue weighted by molar-refractivity contribution is 6.77. The summed E-state index contributed by atoms with van der Waals surface area (Å²) in [6.07, 6.45) is 14.0. The molecule has 2 N–H and O–H groups in total. The molecule has 0 rings (SSSR count). The largest absolute Gasteiger partial charge is 0.330 e. The molecule has 17 heavy (non-hydrogen) atoms. The molecule has 0 aliphatic heterocycles. The first kappa shape index (κ1) is 17.2. The molecule has 0 aromatic heterocycles. The maximum Gasteiger partial charge on any atom is 0.0632 e. The SMILES string of the molecule is CCCCCCCCCCCC(N)[Si](C)(C)C. The van der Waals surface area contributed by atoms with Gasteiger partial charge < -0.3 is 5.73 Å². The maximum atomic E-state index is 6.21.